The smallest absolute Gasteiger partial charge is 0.0847 e. The van der Waals surface area contributed by atoms with Crippen molar-refractivity contribution in [3.63, 3.8) is 0 Å². The second-order valence-electron chi connectivity index (χ2n) is 4.88. The van der Waals surface area contributed by atoms with Crippen LogP contribution in [0.2, 0.25) is 5.02 Å². The molecule has 0 radical (unpaired) electrons. The number of hydrogen-bond acceptors (Lipinski definition) is 2. The maximum atomic E-state index is 6.37. The zero-order valence-corrected chi connectivity index (χ0v) is 13.0. The molecule has 1 N–H and O–H groups in total. The van der Waals surface area contributed by atoms with E-state index < -0.39 is 0 Å². The van der Waals surface area contributed by atoms with Crippen molar-refractivity contribution in [2.75, 3.05) is 6.54 Å². The maximum absolute atomic E-state index is 6.37. The first kappa shape index (κ1) is 15.5. The van der Waals surface area contributed by atoms with Gasteiger partial charge in [-0.15, -0.1) is 0 Å². The molecule has 4 heteroatoms. The van der Waals surface area contributed by atoms with E-state index in [1.807, 2.05) is 11.6 Å². The molecule has 0 aliphatic carbocycles. The summed E-state index contributed by atoms with van der Waals surface area (Å²) in [6.07, 6.45) is 2.15. The number of rotatable bonds is 7. The van der Waals surface area contributed by atoms with Gasteiger partial charge in [-0.05, 0) is 39.7 Å². The van der Waals surface area contributed by atoms with Crippen molar-refractivity contribution in [2.45, 2.75) is 60.0 Å². The Morgan fingerprint density at radius 1 is 1.33 bits per heavy atom. The molecule has 2 atom stereocenters. The highest BCUT2D eigenvalue weighted by Gasteiger charge is 2.20. The predicted octanol–water partition coefficient (Wildman–Crippen LogP) is 3.43. The standard InChI is InChI=1S/C14H26ClN3/c1-6-12(10(4)16-7-2)9-13-14(15)11(5)17-18(13)8-3/h10,12,16H,6-9H2,1-5H3. The highest BCUT2D eigenvalue weighted by atomic mass is 35.5. The van der Waals surface area contributed by atoms with Crippen molar-refractivity contribution in [3.05, 3.63) is 16.4 Å². The molecule has 0 saturated heterocycles. The van der Waals surface area contributed by atoms with Crippen LogP contribution in [0.3, 0.4) is 0 Å². The van der Waals surface area contributed by atoms with E-state index in [1.54, 1.807) is 0 Å². The fourth-order valence-electron chi connectivity index (χ4n) is 2.48. The van der Waals surface area contributed by atoms with Crippen molar-refractivity contribution in [2.24, 2.45) is 5.92 Å². The molecule has 0 saturated carbocycles. The normalized spacial score (nSPS) is 14.8. The summed E-state index contributed by atoms with van der Waals surface area (Å²) in [7, 11) is 0. The van der Waals surface area contributed by atoms with Crippen molar-refractivity contribution in [1.82, 2.24) is 15.1 Å². The molecule has 18 heavy (non-hydrogen) atoms. The molecule has 0 aliphatic heterocycles. The van der Waals surface area contributed by atoms with Crippen molar-refractivity contribution in [1.29, 1.82) is 0 Å². The first-order chi connectivity index (χ1) is 8.54. The Labute approximate surface area is 116 Å². The van der Waals surface area contributed by atoms with Gasteiger partial charge in [-0.3, -0.25) is 4.68 Å². The Bertz CT molecular complexity index is 373. The van der Waals surface area contributed by atoms with Gasteiger partial charge in [0.05, 0.1) is 16.4 Å². The molecule has 1 heterocycles. The summed E-state index contributed by atoms with van der Waals surface area (Å²) in [5, 5.41) is 8.84. The summed E-state index contributed by atoms with van der Waals surface area (Å²) < 4.78 is 2.04. The average molecular weight is 272 g/mol. The lowest BCUT2D eigenvalue weighted by Gasteiger charge is -2.23. The Kier molecular flexibility index (Phi) is 6.16. The second-order valence-corrected chi connectivity index (χ2v) is 5.26. The summed E-state index contributed by atoms with van der Waals surface area (Å²) in [6, 6.07) is 0.511. The van der Waals surface area contributed by atoms with Crippen molar-refractivity contribution >= 4 is 11.6 Å². The number of halogens is 1. The molecule has 0 aliphatic rings. The Morgan fingerprint density at radius 2 is 2.00 bits per heavy atom. The van der Waals surface area contributed by atoms with Crippen LogP contribution in [-0.4, -0.2) is 22.4 Å². The number of nitrogens with zero attached hydrogens (tertiary/aromatic N) is 2. The lowest BCUT2D eigenvalue weighted by Crippen LogP contribution is -2.34. The molecular weight excluding hydrogens is 246 g/mol. The van der Waals surface area contributed by atoms with Crippen LogP contribution in [0.25, 0.3) is 0 Å². The highest BCUT2D eigenvalue weighted by Crippen LogP contribution is 2.25. The second kappa shape index (κ2) is 7.15. The molecule has 1 aromatic heterocycles. The minimum absolute atomic E-state index is 0.511. The van der Waals surface area contributed by atoms with Gasteiger partial charge in [0.1, 0.15) is 0 Å². The summed E-state index contributed by atoms with van der Waals surface area (Å²) in [4.78, 5) is 0. The summed E-state index contributed by atoms with van der Waals surface area (Å²) in [6.45, 7) is 12.6. The van der Waals surface area contributed by atoms with Gasteiger partial charge in [0.15, 0.2) is 0 Å². The number of aryl methyl sites for hydroxylation is 2. The summed E-state index contributed by atoms with van der Waals surface area (Å²) in [5.74, 6) is 0.601. The van der Waals surface area contributed by atoms with Gasteiger partial charge in [0.2, 0.25) is 0 Å². The molecule has 104 valence electrons. The Balaban J connectivity index is 2.87. The molecule has 3 nitrogen and oxygen atoms in total. The van der Waals surface area contributed by atoms with Gasteiger partial charge < -0.3 is 5.32 Å². The number of hydrogen-bond donors (Lipinski definition) is 1. The summed E-state index contributed by atoms with van der Waals surface area (Å²) >= 11 is 6.37. The lowest BCUT2D eigenvalue weighted by molar-refractivity contribution is 0.359. The third-order valence-electron chi connectivity index (χ3n) is 3.67. The molecule has 1 aromatic rings. The third kappa shape index (κ3) is 3.48. The van der Waals surface area contributed by atoms with E-state index in [-0.39, 0.29) is 0 Å². The SMILES string of the molecule is CCNC(C)C(CC)Cc1c(Cl)c(C)nn1CC. The van der Waals surface area contributed by atoms with Gasteiger partial charge in [-0.1, -0.05) is 31.9 Å². The van der Waals surface area contributed by atoms with Gasteiger partial charge in [-0.2, -0.15) is 5.10 Å². The fraction of sp³-hybridized carbons (Fsp3) is 0.786. The molecule has 0 bridgehead atoms. The molecule has 0 fully saturated rings. The van der Waals surface area contributed by atoms with Crippen molar-refractivity contribution in [3.8, 4) is 0 Å². The Morgan fingerprint density at radius 3 is 2.50 bits per heavy atom. The topological polar surface area (TPSA) is 29.9 Å². The van der Waals surface area contributed by atoms with E-state index in [2.05, 4.69) is 38.1 Å². The minimum Gasteiger partial charge on any atom is -0.314 e. The highest BCUT2D eigenvalue weighted by molar-refractivity contribution is 6.31. The monoisotopic (exact) mass is 271 g/mol. The zero-order valence-electron chi connectivity index (χ0n) is 12.3. The number of nitrogens with one attached hydrogen (secondary N) is 1. The largest absolute Gasteiger partial charge is 0.314 e. The van der Waals surface area contributed by atoms with E-state index in [0.717, 1.165) is 36.6 Å². The van der Waals surface area contributed by atoms with Gasteiger partial charge in [-0.25, -0.2) is 0 Å². The molecule has 1 rings (SSSR count). The molecular formula is C14H26ClN3. The van der Waals surface area contributed by atoms with Crippen LogP contribution in [0.4, 0.5) is 0 Å². The fourth-order valence-corrected chi connectivity index (χ4v) is 2.69. The van der Waals surface area contributed by atoms with Crippen LogP contribution in [0.15, 0.2) is 0 Å². The van der Waals surface area contributed by atoms with Crippen LogP contribution < -0.4 is 5.32 Å². The Hall–Kier alpha value is -0.540. The van der Waals surface area contributed by atoms with E-state index in [1.165, 1.54) is 5.69 Å². The van der Waals surface area contributed by atoms with E-state index in [0.29, 0.717) is 12.0 Å². The first-order valence-electron chi connectivity index (χ1n) is 7.00. The minimum atomic E-state index is 0.511. The van der Waals surface area contributed by atoms with Crippen LogP contribution in [-0.2, 0) is 13.0 Å². The summed E-state index contributed by atoms with van der Waals surface area (Å²) in [5.41, 5.74) is 2.13. The molecule has 2 unspecified atom stereocenters. The average Bonchev–Trinajstić information content (AvgIpc) is 2.62. The first-order valence-corrected chi connectivity index (χ1v) is 7.37. The molecule has 0 aromatic carbocycles. The van der Waals surface area contributed by atoms with Crippen molar-refractivity contribution < 1.29 is 0 Å². The lowest BCUT2D eigenvalue weighted by atomic mass is 9.93. The van der Waals surface area contributed by atoms with Gasteiger partial charge in [0.25, 0.3) is 0 Å². The van der Waals surface area contributed by atoms with E-state index >= 15 is 0 Å². The van der Waals surface area contributed by atoms with Crippen LogP contribution in [0, 0.1) is 12.8 Å². The predicted molar refractivity (Wildman–Crippen MR) is 78.3 cm³/mol. The number of aromatic nitrogens is 2. The third-order valence-corrected chi connectivity index (χ3v) is 4.16. The van der Waals surface area contributed by atoms with Crippen LogP contribution in [0.5, 0.6) is 0 Å². The quantitative estimate of drug-likeness (QED) is 0.823. The van der Waals surface area contributed by atoms with E-state index in [4.69, 9.17) is 11.6 Å². The van der Waals surface area contributed by atoms with Crippen LogP contribution >= 0.6 is 11.6 Å². The maximum Gasteiger partial charge on any atom is 0.0847 e. The van der Waals surface area contributed by atoms with E-state index in [9.17, 15) is 0 Å². The zero-order chi connectivity index (χ0) is 13.7. The molecule has 0 spiro atoms. The van der Waals surface area contributed by atoms with Gasteiger partial charge in [0, 0.05) is 12.6 Å². The van der Waals surface area contributed by atoms with Gasteiger partial charge >= 0.3 is 0 Å². The van der Waals surface area contributed by atoms with Crippen LogP contribution in [0.1, 0.15) is 45.5 Å². The molecule has 0 amide bonds.